The van der Waals surface area contributed by atoms with Gasteiger partial charge in [0.15, 0.2) is 5.78 Å². The summed E-state index contributed by atoms with van der Waals surface area (Å²) < 4.78 is 0. The van der Waals surface area contributed by atoms with Gasteiger partial charge in [0, 0.05) is 51.8 Å². The van der Waals surface area contributed by atoms with Crippen molar-refractivity contribution in [3.8, 4) is 0 Å². The van der Waals surface area contributed by atoms with Gasteiger partial charge in [-0.1, -0.05) is 125 Å². The summed E-state index contributed by atoms with van der Waals surface area (Å²) in [5, 5.41) is 4.09. The first kappa shape index (κ1) is 36.5. The topological polar surface area (TPSA) is 86.8 Å². The van der Waals surface area contributed by atoms with Crippen molar-refractivity contribution in [2.24, 2.45) is 0 Å². The maximum absolute atomic E-state index is 14.5. The Balaban J connectivity index is 1.43. The molecule has 0 saturated carbocycles. The van der Waals surface area contributed by atoms with Gasteiger partial charge in [-0.15, -0.1) is 0 Å². The molecule has 2 heterocycles. The zero-order chi connectivity index (χ0) is 38.8. The number of benzene rings is 6. The van der Waals surface area contributed by atoms with Crippen LogP contribution >= 0.6 is 46.4 Å². The van der Waals surface area contributed by atoms with Gasteiger partial charge in [-0.25, -0.2) is 0 Å². The van der Waals surface area contributed by atoms with Gasteiger partial charge in [0.25, 0.3) is 5.91 Å². The molecule has 0 radical (unpaired) electrons. The molecule has 6 aromatic rings. The van der Waals surface area contributed by atoms with E-state index >= 15 is 0 Å². The van der Waals surface area contributed by atoms with Crippen LogP contribution in [0.5, 0.6) is 0 Å². The first-order valence-corrected chi connectivity index (χ1v) is 18.7. The minimum atomic E-state index is -1.41. The molecule has 55 heavy (non-hydrogen) atoms. The van der Waals surface area contributed by atoms with Gasteiger partial charge in [0.2, 0.25) is 11.8 Å². The third-order valence-electron chi connectivity index (χ3n) is 10.3. The van der Waals surface area contributed by atoms with Crippen LogP contribution in [0, 0.1) is 0 Å². The fourth-order valence-electron chi connectivity index (χ4n) is 8.44. The lowest BCUT2D eigenvalue weighted by molar-refractivity contribution is -0.119. The Morgan fingerprint density at radius 1 is 0.527 bits per heavy atom. The standard InChI is InChI=1S/C44H29Cl4N3O4/c1-25(52)50-39-21-27(41(54)33-17-14-30(45)22-37(33)47)13-19-35(39)43(28-9-5-3-6-10-28)44(50,29-11-7-4-8-12-29)36-20-16-32(24-40(36)51(43)26(2)53)49-42(55)34-18-15-31(46)23-38(34)48/h3-24H,1-2H3,(H,49,55)/t43-,44+/m1/s1. The molecule has 11 heteroatoms. The van der Waals surface area contributed by atoms with Crippen LogP contribution in [-0.2, 0) is 20.7 Å². The zero-order valence-electron chi connectivity index (χ0n) is 29.2. The first-order valence-electron chi connectivity index (χ1n) is 17.2. The zero-order valence-corrected chi connectivity index (χ0v) is 32.3. The fraction of sp³-hybridized carbons (Fsp3) is 0.0909. The van der Waals surface area contributed by atoms with Gasteiger partial charge in [-0.3, -0.25) is 29.0 Å². The van der Waals surface area contributed by atoms with Crippen molar-refractivity contribution < 1.29 is 19.2 Å². The summed E-state index contributed by atoms with van der Waals surface area (Å²) in [5.74, 6) is -1.49. The summed E-state index contributed by atoms with van der Waals surface area (Å²) in [4.78, 5) is 60.0. The maximum Gasteiger partial charge on any atom is 0.257 e. The molecule has 0 aromatic heterocycles. The van der Waals surface area contributed by atoms with Gasteiger partial charge in [-0.2, -0.15) is 0 Å². The number of carbonyl (C=O) groups is 4. The number of nitrogens with zero attached hydrogens (tertiary/aromatic N) is 2. The number of halogens is 4. The van der Waals surface area contributed by atoms with Crippen LogP contribution in [0.2, 0.25) is 20.1 Å². The highest BCUT2D eigenvalue weighted by Gasteiger charge is 2.73. The lowest BCUT2D eigenvalue weighted by Gasteiger charge is -2.49. The van der Waals surface area contributed by atoms with E-state index in [4.69, 9.17) is 46.4 Å². The van der Waals surface area contributed by atoms with Crippen molar-refractivity contribution in [1.82, 2.24) is 0 Å². The molecule has 0 aliphatic carbocycles. The van der Waals surface area contributed by atoms with E-state index in [1.54, 1.807) is 52.3 Å². The first-order chi connectivity index (χ1) is 26.4. The third-order valence-corrected chi connectivity index (χ3v) is 11.4. The number of carbonyl (C=O) groups excluding carboxylic acids is 4. The number of amides is 3. The SMILES string of the molecule is CC(=O)N1c2cc(NC(=O)c3ccc(Cl)cc3Cl)ccc2[C@]2(c3ccccc3)N(C(C)=O)c3cc(C(=O)c4ccc(Cl)cc4Cl)ccc3[C@@]12c1ccccc1. The Bertz CT molecular complexity index is 2600. The molecule has 2 aliphatic rings. The van der Waals surface area contributed by atoms with Crippen LogP contribution in [0.3, 0.4) is 0 Å². The van der Waals surface area contributed by atoms with Crippen molar-refractivity contribution in [3.05, 3.63) is 192 Å². The van der Waals surface area contributed by atoms with Crippen LogP contribution in [-0.4, -0.2) is 23.5 Å². The molecular weight excluding hydrogens is 776 g/mol. The van der Waals surface area contributed by atoms with Gasteiger partial charge in [0.05, 0.1) is 27.0 Å². The summed E-state index contributed by atoms with van der Waals surface area (Å²) >= 11 is 25.1. The number of hydrogen-bond acceptors (Lipinski definition) is 4. The quantitative estimate of drug-likeness (QED) is 0.170. The Hall–Kier alpha value is -5.44. The Kier molecular flexibility index (Phi) is 9.10. The largest absolute Gasteiger partial charge is 0.322 e. The third kappa shape index (κ3) is 5.40. The summed E-state index contributed by atoms with van der Waals surface area (Å²) in [6.07, 6.45) is 0. The van der Waals surface area contributed by atoms with Crippen LogP contribution in [0.15, 0.2) is 133 Å². The second-order valence-corrected chi connectivity index (χ2v) is 15.0. The molecule has 8 rings (SSSR count). The molecule has 2 atom stereocenters. The Morgan fingerprint density at radius 3 is 1.49 bits per heavy atom. The molecular formula is C44H29Cl4N3O4. The van der Waals surface area contributed by atoms with E-state index in [1.165, 1.54) is 32.0 Å². The van der Waals surface area contributed by atoms with Crippen molar-refractivity contribution in [2.75, 3.05) is 15.1 Å². The molecule has 6 aromatic carbocycles. The van der Waals surface area contributed by atoms with E-state index in [1.807, 2.05) is 72.8 Å². The normalized spacial score (nSPS) is 18.0. The predicted molar refractivity (Wildman–Crippen MR) is 218 cm³/mol. The molecule has 0 unspecified atom stereocenters. The van der Waals surface area contributed by atoms with E-state index in [0.717, 1.165) is 0 Å². The van der Waals surface area contributed by atoms with Crippen molar-refractivity contribution in [3.63, 3.8) is 0 Å². The van der Waals surface area contributed by atoms with Crippen molar-refractivity contribution in [1.29, 1.82) is 0 Å². The van der Waals surface area contributed by atoms with Crippen LogP contribution in [0.1, 0.15) is 62.4 Å². The predicted octanol–water partition coefficient (Wildman–Crippen LogP) is 10.7. The lowest BCUT2D eigenvalue weighted by atomic mass is 9.65. The lowest BCUT2D eigenvalue weighted by Crippen LogP contribution is -2.62. The molecule has 2 aliphatic heterocycles. The average molecular weight is 806 g/mol. The molecule has 7 nitrogen and oxygen atoms in total. The summed E-state index contributed by atoms with van der Waals surface area (Å²) in [5.41, 5.74) is 1.92. The number of nitrogens with one attached hydrogen (secondary N) is 1. The van der Waals surface area contributed by atoms with E-state index in [0.29, 0.717) is 49.4 Å². The number of ketones is 1. The monoisotopic (exact) mass is 803 g/mol. The van der Waals surface area contributed by atoms with Gasteiger partial charge in [-0.05, 0) is 65.7 Å². The highest BCUT2D eigenvalue weighted by Crippen LogP contribution is 2.70. The molecule has 0 spiro atoms. The summed E-state index contributed by atoms with van der Waals surface area (Å²) in [7, 11) is 0. The highest BCUT2D eigenvalue weighted by molar-refractivity contribution is 6.38. The molecule has 0 saturated heterocycles. The number of hydrogen-bond donors (Lipinski definition) is 1. The Morgan fingerprint density at radius 2 is 1.00 bits per heavy atom. The second kappa shape index (κ2) is 13.7. The summed E-state index contributed by atoms with van der Waals surface area (Å²) in [6.45, 7) is 2.95. The van der Waals surface area contributed by atoms with Gasteiger partial charge >= 0.3 is 0 Å². The van der Waals surface area contributed by atoms with E-state index in [2.05, 4.69) is 5.32 Å². The van der Waals surface area contributed by atoms with Gasteiger partial charge < -0.3 is 5.32 Å². The molecule has 3 amide bonds. The summed E-state index contributed by atoms with van der Waals surface area (Å²) in [6, 6.07) is 38.9. The average Bonchev–Trinajstić information content (AvgIpc) is 3.58. The van der Waals surface area contributed by atoms with Gasteiger partial charge in [0.1, 0.15) is 11.1 Å². The van der Waals surface area contributed by atoms with Crippen molar-refractivity contribution >= 4 is 87.0 Å². The van der Waals surface area contributed by atoms with E-state index in [-0.39, 0.29) is 44.3 Å². The van der Waals surface area contributed by atoms with E-state index in [9.17, 15) is 19.2 Å². The van der Waals surface area contributed by atoms with Crippen LogP contribution in [0.4, 0.5) is 17.1 Å². The minimum absolute atomic E-state index is 0.182. The molecule has 272 valence electrons. The van der Waals surface area contributed by atoms with Crippen LogP contribution in [0.25, 0.3) is 0 Å². The number of fused-ring (bicyclic) bond motifs is 5. The molecule has 1 N–H and O–H groups in total. The molecule has 0 bridgehead atoms. The van der Waals surface area contributed by atoms with E-state index < -0.39 is 17.0 Å². The number of anilines is 3. The fourth-order valence-corrected chi connectivity index (χ4v) is 9.43. The van der Waals surface area contributed by atoms with Crippen molar-refractivity contribution in [2.45, 2.75) is 24.9 Å². The molecule has 0 fully saturated rings. The van der Waals surface area contributed by atoms with Crippen LogP contribution < -0.4 is 15.1 Å². The highest BCUT2D eigenvalue weighted by atomic mass is 35.5. The minimum Gasteiger partial charge on any atom is -0.322 e. The Labute approximate surface area is 337 Å². The maximum atomic E-state index is 14.5. The number of rotatable bonds is 6. The smallest absolute Gasteiger partial charge is 0.257 e. The second-order valence-electron chi connectivity index (χ2n) is 13.4.